The number of aromatic nitrogens is 1. The molecule has 1 aliphatic heterocycles. The Labute approximate surface area is 167 Å². The zero-order chi connectivity index (χ0) is 20.0. The van der Waals surface area contributed by atoms with Crippen molar-refractivity contribution in [1.82, 2.24) is 4.98 Å². The summed E-state index contributed by atoms with van der Waals surface area (Å²) in [6.07, 6.45) is 0. The Hall–Kier alpha value is -3.12. The number of rotatable bonds is 2. The lowest BCUT2D eigenvalue weighted by Gasteiger charge is -2.27. The maximum Gasteiger partial charge on any atom is 0.264 e. The molecule has 7 heteroatoms. The van der Waals surface area contributed by atoms with Crippen molar-refractivity contribution in [3.05, 3.63) is 58.2 Å². The Morgan fingerprint density at radius 1 is 1.25 bits per heavy atom. The Kier molecular flexibility index (Phi) is 4.43. The molecular formula is C21H18ClN3O3. The van der Waals surface area contributed by atoms with E-state index < -0.39 is 5.91 Å². The molecule has 1 aromatic heterocycles. The summed E-state index contributed by atoms with van der Waals surface area (Å²) >= 11 is 6.31. The monoisotopic (exact) mass is 395 g/mol. The van der Waals surface area contributed by atoms with Crippen LogP contribution in [0.25, 0.3) is 10.9 Å². The first-order chi connectivity index (χ1) is 13.3. The third-order valence-corrected chi connectivity index (χ3v) is 5.06. The topological polar surface area (TPSA) is 71.5 Å². The van der Waals surface area contributed by atoms with Gasteiger partial charge in [0.15, 0.2) is 12.4 Å². The van der Waals surface area contributed by atoms with Crippen LogP contribution in [0.1, 0.15) is 21.5 Å². The number of aryl methyl sites for hydroxylation is 2. The number of nitrogens with one attached hydrogen (secondary N) is 1. The minimum Gasteiger partial charge on any atom is -0.479 e. The second-order valence-electron chi connectivity index (χ2n) is 6.83. The first-order valence-electron chi connectivity index (χ1n) is 8.76. The van der Waals surface area contributed by atoms with Crippen LogP contribution >= 0.6 is 11.6 Å². The molecule has 3 aromatic rings. The van der Waals surface area contributed by atoms with Crippen LogP contribution < -0.4 is 15.0 Å². The van der Waals surface area contributed by atoms with E-state index in [1.165, 1.54) is 4.90 Å². The fourth-order valence-electron chi connectivity index (χ4n) is 3.38. The quantitative estimate of drug-likeness (QED) is 0.663. The highest BCUT2D eigenvalue weighted by atomic mass is 35.5. The van der Waals surface area contributed by atoms with E-state index in [9.17, 15) is 9.59 Å². The standard InChI is InChI=1S/C21H18ClN3O3/c1-11-7-12(2)18-13(8-11)9-14(20(22)24-18)21(27)23-15-5-4-6-16-19(15)28-10-17(26)25(16)3/h4-9H,10H2,1-3H3,(H,23,27). The molecular weight excluding hydrogens is 378 g/mol. The fourth-order valence-corrected chi connectivity index (χ4v) is 3.61. The predicted molar refractivity (Wildman–Crippen MR) is 110 cm³/mol. The molecule has 142 valence electrons. The number of amides is 2. The summed E-state index contributed by atoms with van der Waals surface area (Å²) in [5.41, 5.74) is 4.20. The van der Waals surface area contributed by atoms with Gasteiger partial charge in [-0.25, -0.2) is 4.98 Å². The van der Waals surface area contributed by atoms with Crippen molar-refractivity contribution in [2.75, 3.05) is 23.9 Å². The van der Waals surface area contributed by atoms with Gasteiger partial charge in [0.05, 0.1) is 22.5 Å². The van der Waals surface area contributed by atoms with E-state index >= 15 is 0 Å². The third kappa shape index (κ3) is 3.05. The smallest absolute Gasteiger partial charge is 0.264 e. The van der Waals surface area contributed by atoms with Gasteiger partial charge in [0.2, 0.25) is 0 Å². The lowest BCUT2D eigenvalue weighted by Crippen LogP contribution is -2.35. The molecule has 0 spiro atoms. The number of fused-ring (bicyclic) bond motifs is 2. The van der Waals surface area contributed by atoms with Crippen LogP contribution in [-0.4, -0.2) is 30.5 Å². The number of pyridine rings is 1. The lowest BCUT2D eigenvalue weighted by molar-refractivity contribution is -0.120. The number of benzene rings is 2. The molecule has 2 aromatic carbocycles. The zero-order valence-corrected chi connectivity index (χ0v) is 16.4. The van der Waals surface area contributed by atoms with Crippen LogP contribution in [0.15, 0.2) is 36.4 Å². The number of halogens is 1. The van der Waals surface area contributed by atoms with E-state index in [-0.39, 0.29) is 23.2 Å². The molecule has 2 amide bonds. The summed E-state index contributed by atoms with van der Waals surface area (Å²) in [6.45, 7) is 3.88. The zero-order valence-electron chi connectivity index (χ0n) is 15.7. The highest BCUT2D eigenvalue weighted by Crippen LogP contribution is 2.38. The maximum atomic E-state index is 12.9. The van der Waals surface area contributed by atoms with Crippen LogP contribution in [0.3, 0.4) is 0 Å². The summed E-state index contributed by atoms with van der Waals surface area (Å²) in [5, 5.41) is 3.82. The number of nitrogens with zero attached hydrogens (tertiary/aromatic N) is 2. The van der Waals surface area contributed by atoms with Crippen LogP contribution in [0.4, 0.5) is 11.4 Å². The molecule has 28 heavy (non-hydrogen) atoms. The van der Waals surface area contributed by atoms with Crippen molar-refractivity contribution < 1.29 is 14.3 Å². The average Bonchev–Trinajstić information content (AvgIpc) is 2.65. The average molecular weight is 396 g/mol. The normalized spacial score (nSPS) is 13.3. The Bertz CT molecular complexity index is 1140. The molecule has 4 rings (SSSR count). The van der Waals surface area contributed by atoms with Gasteiger partial charge in [-0.2, -0.15) is 0 Å². The Balaban J connectivity index is 1.72. The van der Waals surface area contributed by atoms with Gasteiger partial charge < -0.3 is 15.0 Å². The molecule has 0 aliphatic carbocycles. The summed E-state index contributed by atoms with van der Waals surface area (Å²) in [5.74, 6) is -0.0897. The van der Waals surface area contributed by atoms with Crippen LogP contribution in [0.2, 0.25) is 5.15 Å². The highest BCUT2D eigenvalue weighted by Gasteiger charge is 2.25. The number of carbonyl (C=O) groups is 2. The van der Waals surface area contributed by atoms with Gasteiger partial charge >= 0.3 is 0 Å². The van der Waals surface area contributed by atoms with E-state index in [2.05, 4.69) is 10.3 Å². The first kappa shape index (κ1) is 18.3. The second-order valence-corrected chi connectivity index (χ2v) is 7.19. The van der Waals surface area contributed by atoms with Crippen LogP contribution in [-0.2, 0) is 4.79 Å². The summed E-state index contributed by atoms with van der Waals surface area (Å²) in [6, 6.07) is 11.0. The van der Waals surface area contributed by atoms with Crippen LogP contribution in [0.5, 0.6) is 5.75 Å². The van der Waals surface area contributed by atoms with Crippen molar-refractivity contribution in [2.24, 2.45) is 0 Å². The van der Waals surface area contributed by atoms with E-state index in [0.29, 0.717) is 17.1 Å². The van der Waals surface area contributed by atoms with E-state index in [0.717, 1.165) is 22.0 Å². The summed E-state index contributed by atoms with van der Waals surface area (Å²) in [4.78, 5) is 30.6. The second kappa shape index (κ2) is 6.80. The molecule has 2 heterocycles. The largest absolute Gasteiger partial charge is 0.479 e. The van der Waals surface area contributed by atoms with Gasteiger partial charge in [0, 0.05) is 12.4 Å². The molecule has 0 unspecified atom stereocenters. The first-order valence-corrected chi connectivity index (χ1v) is 9.14. The maximum absolute atomic E-state index is 12.9. The number of hydrogen-bond donors (Lipinski definition) is 1. The van der Waals surface area contributed by atoms with Gasteiger partial charge in [-0.05, 0) is 43.7 Å². The molecule has 0 saturated heterocycles. The lowest BCUT2D eigenvalue weighted by atomic mass is 10.1. The van der Waals surface area contributed by atoms with E-state index in [1.54, 1.807) is 31.3 Å². The molecule has 0 bridgehead atoms. The molecule has 0 saturated carbocycles. The van der Waals surface area contributed by atoms with Gasteiger partial charge in [-0.1, -0.05) is 29.3 Å². The SMILES string of the molecule is Cc1cc(C)c2nc(Cl)c(C(=O)Nc3cccc4c3OCC(=O)N4C)cc2c1. The van der Waals surface area contributed by atoms with E-state index in [4.69, 9.17) is 16.3 Å². The predicted octanol–water partition coefficient (Wildman–Crippen LogP) is 4.11. The van der Waals surface area contributed by atoms with Crippen molar-refractivity contribution in [2.45, 2.75) is 13.8 Å². The number of ether oxygens (including phenoxy) is 1. The Morgan fingerprint density at radius 2 is 2.04 bits per heavy atom. The van der Waals surface area contributed by atoms with Crippen molar-refractivity contribution in [3.63, 3.8) is 0 Å². The van der Waals surface area contributed by atoms with Gasteiger partial charge in [0.1, 0.15) is 5.15 Å². The molecule has 0 atom stereocenters. The Morgan fingerprint density at radius 3 is 2.82 bits per heavy atom. The molecule has 1 N–H and O–H groups in total. The van der Waals surface area contributed by atoms with Crippen molar-refractivity contribution >= 4 is 45.7 Å². The minimum atomic E-state index is -0.393. The molecule has 6 nitrogen and oxygen atoms in total. The van der Waals surface area contributed by atoms with Gasteiger partial charge in [-0.3, -0.25) is 9.59 Å². The number of hydrogen-bond acceptors (Lipinski definition) is 4. The van der Waals surface area contributed by atoms with Crippen molar-refractivity contribution in [3.8, 4) is 5.75 Å². The van der Waals surface area contributed by atoms with Gasteiger partial charge in [-0.15, -0.1) is 0 Å². The molecule has 0 radical (unpaired) electrons. The number of likely N-dealkylation sites (N-methyl/N-ethyl adjacent to an activating group) is 1. The number of anilines is 2. The van der Waals surface area contributed by atoms with Gasteiger partial charge in [0.25, 0.3) is 11.8 Å². The summed E-state index contributed by atoms with van der Waals surface area (Å²) in [7, 11) is 1.67. The van der Waals surface area contributed by atoms with Crippen LogP contribution in [0, 0.1) is 13.8 Å². The number of carbonyl (C=O) groups excluding carboxylic acids is 2. The summed E-state index contributed by atoms with van der Waals surface area (Å²) < 4.78 is 5.55. The highest BCUT2D eigenvalue weighted by molar-refractivity contribution is 6.34. The minimum absolute atomic E-state index is 0.0762. The fraction of sp³-hybridized carbons (Fsp3) is 0.190. The number of para-hydroxylation sites is 1. The molecule has 0 fully saturated rings. The van der Waals surface area contributed by atoms with Crippen molar-refractivity contribution in [1.29, 1.82) is 0 Å². The third-order valence-electron chi connectivity index (χ3n) is 4.77. The van der Waals surface area contributed by atoms with E-state index in [1.807, 2.05) is 26.0 Å². The molecule has 1 aliphatic rings.